The lowest BCUT2D eigenvalue weighted by molar-refractivity contribution is -0.137. The number of ether oxygens (including phenoxy) is 1. The van der Waals surface area contributed by atoms with E-state index in [2.05, 4.69) is 0 Å². The van der Waals surface area contributed by atoms with E-state index in [1.807, 2.05) is 120 Å². The van der Waals surface area contributed by atoms with Crippen molar-refractivity contribution in [3.05, 3.63) is 137 Å². The van der Waals surface area contributed by atoms with Gasteiger partial charge in [-0.2, -0.15) is 0 Å². The molecule has 0 bridgehead atoms. The largest absolute Gasteiger partial charge is 0.489 e. The lowest BCUT2D eigenvalue weighted by atomic mass is 10.1. The Bertz CT molecular complexity index is 1840. The van der Waals surface area contributed by atoms with Gasteiger partial charge in [0.15, 0.2) is 0 Å². The van der Waals surface area contributed by atoms with Gasteiger partial charge in [-0.1, -0.05) is 91.0 Å². The molecule has 0 radical (unpaired) electrons. The maximum Gasteiger partial charge on any atom is 0.323 e. The third-order valence-corrected chi connectivity index (χ3v) is 6.89. The second-order valence-corrected chi connectivity index (χ2v) is 9.47. The van der Waals surface area contributed by atoms with E-state index in [-0.39, 0.29) is 5.56 Å². The lowest BCUT2D eigenvalue weighted by Crippen LogP contribution is -2.27. The summed E-state index contributed by atoms with van der Waals surface area (Å²) >= 11 is 0. The number of hydrogen-bond donors (Lipinski definition) is 1. The molecule has 0 saturated carbocycles. The molecule has 0 aliphatic heterocycles. The minimum absolute atomic E-state index is 0.340. The standard InChI is InChI=1S/C33H26N2O4/c36-31(37)21-35-30(25-14-8-3-9-15-25)19-28-27-18-26(39-22-24-12-6-2-7-13-24)16-17-29(27)34(32(28)33(35)38)20-23-10-4-1-5-11-23/h1-19H,20-22H2,(H,36,37). The summed E-state index contributed by atoms with van der Waals surface area (Å²) in [4.78, 5) is 25.9. The molecule has 6 heteroatoms. The van der Waals surface area contributed by atoms with Crippen molar-refractivity contribution < 1.29 is 14.6 Å². The highest BCUT2D eigenvalue weighted by Gasteiger charge is 2.21. The van der Waals surface area contributed by atoms with Gasteiger partial charge < -0.3 is 14.4 Å². The zero-order valence-corrected chi connectivity index (χ0v) is 21.2. The van der Waals surface area contributed by atoms with Gasteiger partial charge in [0.05, 0.1) is 5.69 Å². The van der Waals surface area contributed by atoms with Crippen LogP contribution in [0.2, 0.25) is 0 Å². The zero-order chi connectivity index (χ0) is 26.8. The summed E-state index contributed by atoms with van der Waals surface area (Å²) in [5.41, 5.74) is 4.44. The van der Waals surface area contributed by atoms with E-state index in [0.717, 1.165) is 33.0 Å². The SMILES string of the molecule is O=C(O)Cn1c(-c2ccccc2)cc2c3cc(OCc4ccccc4)ccc3n(Cc3ccccc3)c2c1=O. The Balaban J connectivity index is 1.59. The summed E-state index contributed by atoms with van der Waals surface area (Å²) in [5.74, 6) is -0.378. The average molecular weight is 515 g/mol. The molecule has 0 aliphatic carbocycles. The van der Waals surface area contributed by atoms with Gasteiger partial charge in [-0.05, 0) is 41.0 Å². The number of carbonyl (C=O) groups is 1. The number of nitrogens with zero attached hydrogens (tertiary/aromatic N) is 2. The van der Waals surface area contributed by atoms with Crippen molar-refractivity contribution in [2.75, 3.05) is 0 Å². The minimum atomic E-state index is -1.07. The summed E-state index contributed by atoms with van der Waals surface area (Å²) in [6, 6.07) is 37.1. The van der Waals surface area contributed by atoms with Gasteiger partial charge in [-0.15, -0.1) is 0 Å². The van der Waals surface area contributed by atoms with Crippen LogP contribution in [0.15, 0.2) is 120 Å². The Kier molecular flexibility index (Phi) is 6.43. The molecule has 192 valence electrons. The van der Waals surface area contributed by atoms with Crippen LogP contribution in [0.3, 0.4) is 0 Å². The third-order valence-electron chi connectivity index (χ3n) is 6.89. The number of aliphatic carboxylic acids is 1. The highest BCUT2D eigenvalue weighted by Crippen LogP contribution is 2.34. The van der Waals surface area contributed by atoms with Crippen molar-refractivity contribution in [2.24, 2.45) is 0 Å². The highest BCUT2D eigenvalue weighted by molar-refractivity contribution is 6.09. The van der Waals surface area contributed by atoms with Gasteiger partial charge in [0, 0.05) is 22.8 Å². The molecule has 2 heterocycles. The van der Waals surface area contributed by atoms with E-state index in [1.165, 1.54) is 4.57 Å². The van der Waals surface area contributed by atoms with Gasteiger partial charge in [0.1, 0.15) is 24.4 Å². The molecule has 6 aromatic rings. The molecule has 2 aromatic heterocycles. The number of carboxylic acids is 1. The fourth-order valence-corrected chi connectivity index (χ4v) is 5.09. The summed E-state index contributed by atoms with van der Waals surface area (Å²) in [5, 5.41) is 11.3. The van der Waals surface area contributed by atoms with Crippen molar-refractivity contribution >= 4 is 27.8 Å². The van der Waals surface area contributed by atoms with Crippen LogP contribution in [0.4, 0.5) is 0 Å². The van der Waals surface area contributed by atoms with Gasteiger partial charge in [-0.25, -0.2) is 0 Å². The van der Waals surface area contributed by atoms with Crippen LogP contribution >= 0.6 is 0 Å². The summed E-state index contributed by atoms with van der Waals surface area (Å²) in [6.45, 7) is 0.463. The Morgan fingerprint density at radius 2 is 1.36 bits per heavy atom. The number of carboxylic acid groups (broad SMARTS) is 1. The van der Waals surface area contributed by atoms with Crippen LogP contribution in [0.5, 0.6) is 5.75 Å². The smallest absolute Gasteiger partial charge is 0.323 e. The van der Waals surface area contributed by atoms with Gasteiger partial charge in [-0.3, -0.25) is 14.2 Å². The first-order chi connectivity index (χ1) is 19.1. The molecule has 0 saturated heterocycles. The Morgan fingerprint density at radius 1 is 0.718 bits per heavy atom. The second kappa shape index (κ2) is 10.3. The first-order valence-corrected chi connectivity index (χ1v) is 12.8. The summed E-state index contributed by atoms with van der Waals surface area (Å²) < 4.78 is 9.46. The van der Waals surface area contributed by atoms with Crippen LogP contribution in [0.1, 0.15) is 11.1 Å². The second-order valence-electron chi connectivity index (χ2n) is 9.47. The molecule has 0 amide bonds. The normalized spacial score (nSPS) is 11.2. The monoisotopic (exact) mass is 514 g/mol. The minimum Gasteiger partial charge on any atom is -0.489 e. The number of fused-ring (bicyclic) bond motifs is 3. The molecule has 1 N–H and O–H groups in total. The molecule has 6 rings (SSSR count). The molecule has 0 aliphatic rings. The predicted octanol–water partition coefficient (Wildman–Crippen LogP) is 6.34. The van der Waals surface area contributed by atoms with Crippen molar-refractivity contribution in [3.63, 3.8) is 0 Å². The summed E-state index contributed by atoms with van der Waals surface area (Å²) in [6.07, 6.45) is 0. The lowest BCUT2D eigenvalue weighted by Gasteiger charge is -2.13. The topological polar surface area (TPSA) is 73.5 Å². The van der Waals surface area contributed by atoms with E-state index >= 15 is 0 Å². The number of hydrogen-bond acceptors (Lipinski definition) is 3. The number of pyridine rings is 1. The number of aromatic nitrogens is 2. The number of benzene rings is 4. The highest BCUT2D eigenvalue weighted by atomic mass is 16.5. The first-order valence-electron chi connectivity index (χ1n) is 12.8. The van der Waals surface area contributed by atoms with Crippen molar-refractivity contribution in [1.82, 2.24) is 9.13 Å². The summed E-state index contributed by atoms with van der Waals surface area (Å²) in [7, 11) is 0. The number of rotatable bonds is 8. The van der Waals surface area contributed by atoms with Crippen molar-refractivity contribution in [2.45, 2.75) is 19.7 Å². The molecule has 4 aromatic carbocycles. The van der Waals surface area contributed by atoms with Crippen LogP contribution in [0, 0.1) is 0 Å². The molecule has 39 heavy (non-hydrogen) atoms. The van der Waals surface area contributed by atoms with Crippen LogP contribution in [-0.2, 0) is 24.5 Å². The predicted molar refractivity (Wildman–Crippen MR) is 153 cm³/mol. The molecule has 0 atom stereocenters. The van der Waals surface area contributed by atoms with E-state index < -0.39 is 12.5 Å². The van der Waals surface area contributed by atoms with Crippen molar-refractivity contribution in [3.8, 4) is 17.0 Å². The Hall–Kier alpha value is -5.10. The first kappa shape index (κ1) is 24.2. The van der Waals surface area contributed by atoms with E-state index in [1.54, 1.807) is 0 Å². The van der Waals surface area contributed by atoms with Gasteiger partial charge in [0.25, 0.3) is 5.56 Å². The molecule has 0 spiro atoms. The zero-order valence-electron chi connectivity index (χ0n) is 21.2. The maximum absolute atomic E-state index is 14.1. The van der Waals surface area contributed by atoms with Crippen LogP contribution in [-0.4, -0.2) is 20.2 Å². The van der Waals surface area contributed by atoms with Gasteiger partial charge in [0.2, 0.25) is 0 Å². The molecular weight excluding hydrogens is 488 g/mol. The average Bonchev–Trinajstić information content (AvgIpc) is 3.27. The molecule has 0 unspecified atom stereocenters. The Morgan fingerprint density at radius 3 is 2.03 bits per heavy atom. The van der Waals surface area contributed by atoms with Crippen LogP contribution in [0.25, 0.3) is 33.1 Å². The quantitative estimate of drug-likeness (QED) is 0.257. The molecule has 6 nitrogen and oxygen atoms in total. The fourth-order valence-electron chi connectivity index (χ4n) is 5.09. The van der Waals surface area contributed by atoms with E-state index in [4.69, 9.17) is 4.74 Å². The molecule has 0 fully saturated rings. The maximum atomic E-state index is 14.1. The van der Waals surface area contributed by atoms with E-state index in [9.17, 15) is 14.7 Å². The Labute approximate surface area is 225 Å². The van der Waals surface area contributed by atoms with Crippen molar-refractivity contribution in [1.29, 1.82) is 0 Å². The van der Waals surface area contributed by atoms with E-state index in [0.29, 0.717) is 30.1 Å². The van der Waals surface area contributed by atoms with Gasteiger partial charge >= 0.3 is 5.97 Å². The molecular formula is C33H26N2O4. The third kappa shape index (κ3) is 4.80. The van der Waals surface area contributed by atoms with Crippen LogP contribution < -0.4 is 10.3 Å². The fraction of sp³-hybridized carbons (Fsp3) is 0.0909.